The van der Waals surface area contributed by atoms with E-state index in [4.69, 9.17) is 15.6 Å². The summed E-state index contributed by atoms with van der Waals surface area (Å²) in [5.74, 6) is 0.544. The van der Waals surface area contributed by atoms with Gasteiger partial charge in [-0.2, -0.15) is 0 Å². The van der Waals surface area contributed by atoms with Crippen LogP contribution in [0.5, 0.6) is 11.5 Å². The van der Waals surface area contributed by atoms with Gasteiger partial charge in [0.25, 0.3) is 6.43 Å². The molecule has 0 atom stereocenters. The number of ether oxygens (including phenoxy) is 1. The number of aliphatic hydroxyl groups excluding tert-OH is 1. The summed E-state index contributed by atoms with van der Waals surface area (Å²) in [4.78, 5) is 0. The lowest BCUT2D eigenvalue weighted by Crippen LogP contribution is -1.95. The number of halogens is 2. The molecule has 0 heterocycles. The Morgan fingerprint density at radius 2 is 1.80 bits per heavy atom. The van der Waals surface area contributed by atoms with Crippen LogP contribution >= 0.6 is 0 Å². The highest BCUT2D eigenvalue weighted by Gasteiger charge is 2.15. The van der Waals surface area contributed by atoms with E-state index in [2.05, 4.69) is 0 Å². The summed E-state index contributed by atoms with van der Waals surface area (Å²) < 4.78 is 31.3. The predicted octanol–water partition coefficient (Wildman–Crippen LogP) is 3.53. The Morgan fingerprint density at radius 1 is 1.10 bits per heavy atom. The average molecular weight is 279 g/mol. The first-order valence-corrected chi connectivity index (χ1v) is 6.15. The lowest BCUT2D eigenvalue weighted by Gasteiger charge is -2.11. The number of anilines is 1. The molecule has 0 radical (unpaired) electrons. The van der Waals surface area contributed by atoms with Crippen molar-refractivity contribution in [3.8, 4) is 11.5 Å². The van der Waals surface area contributed by atoms with Crippen LogP contribution in [0.3, 0.4) is 0 Å². The maximum absolute atomic E-state index is 12.9. The second-order valence-electron chi connectivity index (χ2n) is 4.32. The van der Waals surface area contributed by atoms with Crippen LogP contribution in [-0.2, 0) is 6.42 Å². The smallest absolute Gasteiger partial charge is 0.267 e. The summed E-state index contributed by atoms with van der Waals surface area (Å²) in [5, 5.41) is 8.82. The third-order valence-electron chi connectivity index (χ3n) is 2.82. The van der Waals surface area contributed by atoms with E-state index in [0.717, 1.165) is 5.56 Å². The van der Waals surface area contributed by atoms with Gasteiger partial charge in [0, 0.05) is 12.3 Å². The number of rotatable bonds is 5. The molecule has 0 saturated heterocycles. The van der Waals surface area contributed by atoms with Gasteiger partial charge in [0.1, 0.15) is 11.5 Å². The van der Waals surface area contributed by atoms with Crippen molar-refractivity contribution >= 4 is 5.69 Å². The van der Waals surface area contributed by atoms with Crippen molar-refractivity contribution in [1.29, 1.82) is 0 Å². The maximum Gasteiger partial charge on any atom is 0.267 e. The molecule has 0 bridgehead atoms. The number of alkyl halides is 2. The second-order valence-corrected chi connectivity index (χ2v) is 4.32. The Hall–Kier alpha value is -2.14. The molecule has 3 N–H and O–H groups in total. The Bertz CT molecular complexity index is 571. The fourth-order valence-electron chi connectivity index (χ4n) is 1.81. The summed E-state index contributed by atoms with van der Waals surface area (Å²) in [5.41, 5.74) is 6.49. The Kier molecular flexibility index (Phi) is 4.53. The second kappa shape index (κ2) is 6.34. The van der Waals surface area contributed by atoms with Crippen molar-refractivity contribution in [3.63, 3.8) is 0 Å². The molecule has 2 aromatic carbocycles. The zero-order valence-corrected chi connectivity index (χ0v) is 10.7. The van der Waals surface area contributed by atoms with Crippen LogP contribution in [0.2, 0.25) is 0 Å². The zero-order chi connectivity index (χ0) is 14.5. The van der Waals surface area contributed by atoms with Gasteiger partial charge in [-0.15, -0.1) is 0 Å². The molecule has 0 aliphatic heterocycles. The Balaban J connectivity index is 2.21. The molecule has 0 aromatic heterocycles. The summed E-state index contributed by atoms with van der Waals surface area (Å²) in [7, 11) is 0. The molecule has 5 heteroatoms. The number of aliphatic hydroxyl groups is 1. The van der Waals surface area contributed by atoms with Crippen molar-refractivity contribution in [3.05, 3.63) is 53.6 Å². The fourth-order valence-corrected chi connectivity index (χ4v) is 1.81. The minimum atomic E-state index is -2.65. The van der Waals surface area contributed by atoms with Gasteiger partial charge in [-0.3, -0.25) is 0 Å². The van der Waals surface area contributed by atoms with Crippen molar-refractivity contribution in [2.45, 2.75) is 12.8 Å². The molecule has 2 aromatic rings. The largest absolute Gasteiger partial charge is 0.457 e. The van der Waals surface area contributed by atoms with E-state index in [-0.39, 0.29) is 23.6 Å². The average Bonchev–Trinajstić information content (AvgIpc) is 2.43. The quantitative estimate of drug-likeness (QED) is 0.823. The maximum atomic E-state index is 12.9. The van der Waals surface area contributed by atoms with E-state index < -0.39 is 6.43 Å². The van der Waals surface area contributed by atoms with Gasteiger partial charge >= 0.3 is 0 Å². The topological polar surface area (TPSA) is 55.5 Å². The van der Waals surface area contributed by atoms with Gasteiger partial charge < -0.3 is 15.6 Å². The number of hydrogen-bond acceptors (Lipinski definition) is 3. The SMILES string of the molecule is Nc1ccc(Oc2ccc(CCO)cc2)c(C(F)F)c1. The molecule has 106 valence electrons. The molecule has 0 unspecified atom stereocenters. The highest BCUT2D eigenvalue weighted by Crippen LogP contribution is 2.33. The van der Waals surface area contributed by atoms with Gasteiger partial charge in [-0.05, 0) is 42.3 Å². The molecular formula is C15H15F2NO2. The van der Waals surface area contributed by atoms with Crippen LogP contribution in [0.4, 0.5) is 14.5 Å². The third-order valence-corrected chi connectivity index (χ3v) is 2.82. The van der Waals surface area contributed by atoms with Crippen molar-refractivity contribution in [1.82, 2.24) is 0 Å². The lowest BCUT2D eigenvalue weighted by molar-refractivity contribution is 0.148. The molecular weight excluding hydrogens is 264 g/mol. The van der Waals surface area contributed by atoms with E-state index in [0.29, 0.717) is 12.2 Å². The zero-order valence-electron chi connectivity index (χ0n) is 10.7. The number of nitrogen functional groups attached to an aromatic ring is 1. The molecule has 0 fully saturated rings. The highest BCUT2D eigenvalue weighted by atomic mass is 19.3. The van der Waals surface area contributed by atoms with Gasteiger partial charge in [0.2, 0.25) is 0 Å². The molecule has 0 spiro atoms. The standard InChI is InChI=1S/C15H15F2NO2/c16-15(17)13-9-11(18)3-6-14(13)20-12-4-1-10(2-5-12)7-8-19/h1-6,9,15,19H,7-8,18H2. The van der Waals surface area contributed by atoms with Crippen LogP contribution in [0, 0.1) is 0 Å². The monoisotopic (exact) mass is 279 g/mol. The van der Waals surface area contributed by atoms with E-state index in [1.54, 1.807) is 24.3 Å². The predicted molar refractivity (Wildman–Crippen MR) is 73.1 cm³/mol. The molecule has 20 heavy (non-hydrogen) atoms. The molecule has 2 rings (SSSR count). The van der Waals surface area contributed by atoms with Crippen molar-refractivity contribution in [2.75, 3.05) is 12.3 Å². The Labute approximate surface area is 115 Å². The fraction of sp³-hybridized carbons (Fsp3) is 0.200. The normalized spacial score (nSPS) is 10.8. The Morgan fingerprint density at radius 3 is 2.40 bits per heavy atom. The first-order chi connectivity index (χ1) is 9.60. The van der Waals surface area contributed by atoms with Gasteiger partial charge in [-0.1, -0.05) is 12.1 Å². The summed E-state index contributed by atoms with van der Waals surface area (Å²) in [6.07, 6.45) is -2.10. The van der Waals surface area contributed by atoms with Crippen molar-refractivity contribution in [2.24, 2.45) is 0 Å². The van der Waals surface area contributed by atoms with Gasteiger partial charge in [0.15, 0.2) is 0 Å². The van der Waals surface area contributed by atoms with E-state index in [9.17, 15) is 8.78 Å². The van der Waals surface area contributed by atoms with Crippen LogP contribution in [0.25, 0.3) is 0 Å². The van der Waals surface area contributed by atoms with Crippen molar-refractivity contribution < 1.29 is 18.6 Å². The first-order valence-electron chi connectivity index (χ1n) is 6.15. The van der Waals surface area contributed by atoms with Crippen LogP contribution < -0.4 is 10.5 Å². The van der Waals surface area contributed by atoms with Crippen LogP contribution in [0.15, 0.2) is 42.5 Å². The number of hydrogen-bond donors (Lipinski definition) is 2. The highest BCUT2D eigenvalue weighted by molar-refractivity contribution is 5.49. The molecule has 0 saturated carbocycles. The minimum absolute atomic E-state index is 0.0632. The van der Waals surface area contributed by atoms with Gasteiger partial charge in [-0.25, -0.2) is 8.78 Å². The molecule has 3 nitrogen and oxygen atoms in total. The molecule has 0 aliphatic carbocycles. The summed E-state index contributed by atoms with van der Waals surface area (Å²) >= 11 is 0. The number of benzene rings is 2. The minimum Gasteiger partial charge on any atom is -0.457 e. The third kappa shape index (κ3) is 3.45. The lowest BCUT2D eigenvalue weighted by atomic mass is 10.1. The van der Waals surface area contributed by atoms with E-state index in [1.807, 2.05) is 0 Å². The molecule has 0 aliphatic rings. The van der Waals surface area contributed by atoms with Crippen LogP contribution in [0.1, 0.15) is 17.6 Å². The van der Waals surface area contributed by atoms with Crippen LogP contribution in [-0.4, -0.2) is 11.7 Å². The first kappa shape index (κ1) is 14.3. The van der Waals surface area contributed by atoms with E-state index in [1.165, 1.54) is 18.2 Å². The van der Waals surface area contributed by atoms with Gasteiger partial charge in [0.05, 0.1) is 5.56 Å². The summed E-state index contributed by atoms with van der Waals surface area (Å²) in [6, 6.07) is 11.1. The molecule has 0 amide bonds. The van der Waals surface area contributed by atoms with E-state index >= 15 is 0 Å². The summed E-state index contributed by atoms with van der Waals surface area (Å²) in [6.45, 7) is 0.0632. The number of nitrogens with two attached hydrogens (primary N) is 1.